The molecule has 17 heavy (non-hydrogen) atoms. The molecule has 0 radical (unpaired) electrons. The molecular formula is C14H29NO2. The first-order chi connectivity index (χ1) is 8.33. The van der Waals surface area contributed by atoms with Gasteiger partial charge in [-0.3, -0.25) is 0 Å². The molecule has 1 saturated heterocycles. The lowest BCUT2D eigenvalue weighted by Gasteiger charge is -2.15. The van der Waals surface area contributed by atoms with Crippen LogP contribution in [0.5, 0.6) is 0 Å². The van der Waals surface area contributed by atoms with Crippen molar-refractivity contribution in [2.75, 3.05) is 13.2 Å². The van der Waals surface area contributed by atoms with E-state index in [1.807, 2.05) is 0 Å². The highest BCUT2D eigenvalue weighted by molar-refractivity contribution is 4.65. The zero-order valence-electron chi connectivity index (χ0n) is 11.3. The number of hydrogen-bond acceptors (Lipinski definition) is 3. The Bertz CT molecular complexity index is 170. The minimum Gasteiger partial charge on any atom is -0.350 e. The van der Waals surface area contributed by atoms with Crippen molar-refractivity contribution < 1.29 is 9.47 Å². The Balaban J connectivity index is 1.84. The maximum absolute atomic E-state index is 6.06. The molecule has 0 amide bonds. The van der Waals surface area contributed by atoms with Gasteiger partial charge < -0.3 is 15.2 Å². The third kappa shape index (κ3) is 7.74. The highest BCUT2D eigenvalue weighted by atomic mass is 16.7. The number of unbranched alkanes of at least 4 members (excludes halogenated alkanes) is 6. The SMILES string of the molecule is CCCCCCCCCC(N)CC1OCCO1. The van der Waals surface area contributed by atoms with Crippen molar-refractivity contribution in [3.05, 3.63) is 0 Å². The van der Waals surface area contributed by atoms with E-state index in [1.54, 1.807) is 0 Å². The normalized spacial score (nSPS) is 18.7. The zero-order chi connectivity index (χ0) is 12.3. The summed E-state index contributed by atoms with van der Waals surface area (Å²) in [6.07, 6.45) is 11.4. The van der Waals surface area contributed by atoms with Crippen molar-refractivity contribution in [3.8, 4) is 0 Å². The van der Waals surface area contributed by atoms with E-state index in [4.69, 9.17) is 15.2 Å². The summed E-state index contributed by atoms with van der Waals surface area (Å²) >= 11 is 0. The molecule has 0 bridgehead atoms. The molecule has 1 rings (SSSR count). The van der Waals surface area contributed by atoms with E-state index < -0.39 is 0 Å². The molecule has 102 valence electrons. The second-order valence-corrected chi connectivity index (χ2v) is 5.08. The molecule has 0 aliphatic carbocycles. The van der Waals surface area contributed by atoms with E-state index in [0.717, 1.165) is 26.1 Å². The monoisotopic (exact) mass is 243 g/mol. The van der Waals surface area contributed by atoms with Crippen LogP contribution in [0.15, 0.2) is 0 Å². The number of hydrogen-bond donors (Lipinski definition) is 1. The molecule has 3 nitrogen and oxygen atoms in total. The summed E-state index contributed by atoms with van der Waals surface area (Å²) in [4.78, 5) is 0. The van der Waals surface area contributed by atoms with Crippen LogP contribution in [0.1, 0.15) is 64.7 Å². The first kappa shape index (κ1) is 14.9. The third-order valence-electron chi connectivity index (χ3n) is 3.36. The van der Waals surface area contributed by atoms with Crippen LogP contribution in [0.4, 0.5) is 0 Å². The Labute approximate surface area is 106 Å². The Kier molecular flexibility index (Phi) is 8.67. The van der Waals surface area contributed by atoms with Crippen LogP contribution in [0.2, 0.25) is 0 Å². The highest BCUT2D eigenvalue weighted by Crippen LogP contribution is 2.14. The van der Waals surface area contributed by atoms with Gasteiger partial charge in [0, 0.05) is 12.5 Å². The fourth-order valence-corrected chi connectivity index (χ4v) is 2.27. The Morgan fingerprint density at radius 3 is 2.24 bits per heavy atom. The van der Waals surface area contributed by atoms with Crippen LogP contribution in [-0.4, -0.2) is 25.5 Å². The van der Waals surface area contributed by atoms with Crippen molar-refractivity contribution in [2.24, 2.45) is 5.73 Å². The predicted octanol–water partition coefficient (Wildman–Crippen LogP) is 3.22. The first-order valence-corrected chi connectivity index (χ1v) is 7.31. The Morgan fingerprint density at radius 2 is 1.59 bits per heavy atom. The van der Waals surface area contributed by atoms with Crippen molar-refractivity contribution >= 4 is 0 Å². The predicted molar refractivity (Wildman–Crippen MR) is 70.9 cm³/mol. The van der Waals surface area contributed by atoms with E-state index in [0.29, 0.717) is 0 Å². The molecule has 1 aliphatic rings. The molecule has 1 fully saturated rings. The number of ether oxygens (including phenoxy) is 2. The summed E-state index contributed by atoms with van der Waals surface area (Å²) in [5.41, 5.74) is 6.06. The molecule has 2 N–H and O–H groups in total. The molecule has 1 atom stereocenters. The second kappa shape index (κ2) is 9.86. The summed E-state index contributed by atoms with van der Waals surface area (Å²) in [5, 5.41) is 0. The first-order valence-electron chi connectivity index (χ1n) is 7.31. The highest BCUT2D eigenvalue weighted by Gasteiger charge is 2.18. The maximum Gasteiger partial charge on any atom is 0.159 e. The quantitative estimate of drug-likeness (QED) is 0.599. The van der Waals surface area contributed by atoms with Crippen molar-refractivity contribution in [1.29, 1.82) is 0 Å². The van der Waals surface area contributed by atoms with Gasteiger partial charge in [0.1, 0.15) is 0 Å². The molecule has 0 aromatic rings. The van der Waals surface area contributed by atoms with E-state index in [9.17, 15) is 0 Å². The molecular weight excluding hydrogens is 214 g/mol. The van der Waals surface area contributed by atoms with E-state index in [1.165, 1.54) is 44.9 Å². The van der Waals surface area contributed by atoms with Crippen LogP contribution in [0.3, 0.4) is 0 Å². The minimum absolute atomic E-state index is 0.0328. The number of nitrogens with two attached hydrogens (primary N) is 1. The van der Waals surface area contributed by atoms with Crippen LogP contribution >= 0.6 is 0 Å². The standard InChI is InChI=1S/C14H29NO2/c1-2-3-4-5-6-7-8-9-13(15)12-14-16-10-11-17-14/h13-14H,2-12,15H2,1H3. The van der Waals surface area contributed by atoms with Crippen molar-refractivity contribution in [1.82, 2.24) is 0 Å². The molecule has 0 saturated carbocycles. The largest absolute Gasteiger partial charge is 0.350 e. The molecule has 1 aliphatic heterocycles. The molecule has 1 heterocycles. The fraction of sp³-hybridized carbons (Fsp3) is 1.00. The summed E-state index contributed by atoms with van der Waals surface area (Å²) in [6, 6.07) is 0.244. The molecule has 0 aromatic heterocycles. The van der Waals surface area contributed by atoms with Crippen molar-refractivity contribution in [3.63, 3.8) is 0 Å². The van der Waals surface area contributed by atoms with Gasteiger partial charge in [0.15, 0.2) is 6.29 Å². The molecule has 3 heteroatoms. The van der Waals surface area contributed by atoms with Gasteiger partial charge in [0.05, 0.1) is 13.2 Å². The zero-order valence-corrected chi connectivity index (χ0v) is 11.3. The molecule has 0 aromatic carbocycles. The Morgan fingerprint density at radius 1 is 1.00 bits per heavy atom. The van der Waals surface area contributed by atoms with Crippen LogP contribution < -0.4 is 5.73 Å². The summed E-state index contributed by atoms with van der Waals surface area (Å²) in [7, 11) is 0. The average Bonchev–Trinajstić information content (AvgIpc) is 2.80. The van der Waals surface area contributed by atoms with Gasteiger partial charge in [-0.25, -0.2) is 0 Å². The van der Waals surface area contributed by atoms with Crippen LogP contribution in [0, 0.1) is 0 Å². The third-order valence-corrected chi connectivity index (χ3v) is 3.36. The van der Waals surface area contributed by atoms with Gasteiger partial charge in [0.2, 0.25) is 0 Å². The van der Waals surface area contributed by atoms with Gasteiger partial charge in [-0.2, -0.15) is 0 Å². The van der Waals surface area contributed by atoms with Gasteiger partial charge in [0.25, 0.3) is 0 Å². The smallest absolute Gasteiger partial charge is 0.159 e. The van der Waals surface area contributed by atoms with Crippen LogP contribution in [0.25, 0.3) is 0 Å². The maximum atomic E-state index is 6.06. The molecule has 1 unspecified atom stereocenters. The second-order valence-electron chi connectivity index (χ2n) is 5.08. The van der Waals surface area contributed by atoms with E-state index in [-0.39, 0.29) is 12.3 Å². The summed E-state index contributed by atoms with van der Waals surface area (Å²) in [5.74, 6) is 0. The fourth-order valence-electron chi connectivity index (χ4n) is 2.27. The summed E-state index contributed by atoms with van der Waals surface area (Å²) < 4.78 is 10.8. The molecule has 0 spiro atoms. The van der Waals surface area contributed by atoms with Crippen molar-refractivity contribution in [2.45, 2.75) is 77.0 Å². The van der Waals surface area contributed by atoms with E-state index >= 15 is 0 Å². The lowest BCUT2D eigenvalue weighted by atomic mass is 10.0. The summed E-state index contributed by atoms with van der Waals surface area (Å²) in [6.45, 7) is 3.72. The minimum atomic E-state index is -0.0328. The van der Waals surface area contributed by atoms with Gasteiger partial charge in [-0.05, 0) is 6.42 Å². The van der Waals surface area contributed by atoms with Crippen LogP contribution in [-0.2, 0) is 9.47 Å². The van der Waals surface area contributed by atoms with Gasteiger partial charge in [-0.15, -0.1) is 0 Å². The van der Waals surface area contributed by atoms with Gasteiger partial charge in [-0.1, -0.05) is 51.9 Å². The lowest BCUT2D eigenvalue weighted by molar-refractivity contribution is -0.0510. The topological polar surface area (TPSA) is 44.5 Å². The average molecular weight is 243 g/mol. The lowest BCUT2D eigenvalue weighted by Crippen LogP contribution is -2.26. The van der Waals surface area contributed by atoms with Gasteiger partial charge >= 0.3 is 0 Å². The van der Waals surface area contributed by atoms with E-state index in [2.05, 4.69) is 6.92 Å². The Hall–Kier alpha value is -0.120. The number of rotatable bonds is 10.